The zero-order chi connectivity index (χ0) is 9.84. The number of esters is 1. The van der Waals surface area contributed by atoms with Crippen molar-refractivity contribution in [2.45, 2.75) is 13.3 Å². The number of nitrogens with zero attached hydrogens (tertiary/aromatic N) is 1. The first-order valence-electron chi connectivity index (χ1n) is 4.60. The van der Waals surface area contributed by atoms with Crippen molar-refractivity contribution in [1.82, 2.24) is 4.90 Å². The van der Waals surface area contributed by atoms with E-state index in [1.54, 1.807) is 6.20 Å². The van der Waals surface area contributed by atoms with Gasteiger partial charge in [-0.25, -0.2) is 4.79 Å². The summed E-state index contributed by atoms with van der Waals surface area (Å²) in [5.74, 6) is 1.37. The molecule has 0 N–H and O–H groups in total. The first kappa shape index (κ1) is 10.1. The third-order valence-corrected chi connectivity index (χ3v) is 2.46. The molecule has 1 rings (SSSR count). The van der Waals surface area contributed by atoms with Gasteiger partial charge in [-0.05, 0) is 18.3 Å². The lowest BCUT2D eigenvalue weighted by molar-refractivity contribution is -0.134. The molecule has 0 aromatic heterocycles. The highest BCUT2D eigenvalue weighted by Crippen LogP contribution is 2.37. The standard InChI is InChI=1S/C10H17NO2/c1-8-6-9(8)7-11(2)5-4-10(12)13-3/h4-5,8-9H,6-7H2,1-3H3. The van der Waals surface area contributed by atoms with Crippen LogP contribution in [0.25, 0.3) is 0 Å². The lowest BCUT2D eigenvalue weighted by Crippen LogP contribution is -2.15. The van der Waals surface area contributed by atoms with E-state index in [0.717, 1.165) is 18.4 Å². The van der Waals surface area contributed by atoms with Crippen molar-refractivity contribution in [3.8, 4) is 0 Å². The molecule has 2 unspecified atom stereocenters. The highest BCUT2D eigenvalue weighted by Gasteiger charge is 2.32. The average Bonchev–Trinajstić information content (AvgIpc) is 2.77. The molecular formula is C10H17NO2. The van der Waals surface area contributed by atoms with Gasteiger partial charge < -0.3 is 9.64 Å². The van der Waals surface area contributed by atoms with Gasteiger partial charge in [-0.1, -0.05) is 6.92 Å². The van der Waals surface area contributed by atoms with Crippen LogP contribution >= 0.6 is 0 Å². The molecule has 0 heterocycles. The van der Waals surface area contributed by atoms with E-state index >= 15 is 0 Å². The summed E-state index contributed by atoms with van der Waals surface area (Å²) < 4.78 is 4.49. The molecule has 1 aliphatic rings. The summed E-state index contributed by atoms with van der Waals surface area (Å²) in [6.07, 6.45) is 4.54. The number of hydrogen-bond acceptors (Lipinski definition) is 3. The third-order valence-electron chi connectivity index (χ3n) is 2.46. The van der Waals surface area contributed by atoms with Crippen molar-refractivity contribution in [3.05, 3.63) is 12.3 Å². The van der Waals surface area contributed by atoms with Crippen molar-refractivity contribution in [2.24, 2.45) is 11.8 Å². The fourth-order valence-corrected chi connectivity index (χ4v) is 1.34. The predicted octanol–water partition coefficient (Wildman–Crippen LogP) is 1.26. The number of ether oxygens (including phenoxy) is 1. The predicted molar refractivity (Wildman–Crippen MR) is 51.1 cm³/mol. The van der Waals surface area contributed by atoms with Gasteiger partial charge in [0.1, 0.15) is 0 Å². The molecule has 74 valence electrons. The molecule has 2 atom stereocenters. The van der Waals surface area contributed by atoms with E-state index in [1.165, 1.54) is 19.6 Å². The van der Waals surface area contributed by atoms with Crippen LogP contribution < -0.4 is 0 Å². The Bertz CT molecular complexity index is 213. The molecule has 0 aromatic carbocycles. The van der Waals surface area contributed by atoms with E-state index in [2.05, 4.69) is 11.7 Å². The van der Waals surface area contributed by atoms with Crippen molar-refractivity contribution in [3.63, 3.8) is 0 Å². The summed E-state index contributed by atoms with van der Waals surface area (Å²) in [5, 5.41) is 0. The molecule has 0 amide bonds. The normalized spacial score (nSPS) is 26.1. The van der Waals surface area contributed by atoms with Crippen LogP contribution in [-0.2, 0) is 9.53 Å². The summed E-state index contributed by atoms with van der Waals surface area (Å²) in [7, 11) is 3.36. The van der Waals surface area contributed by atoms with E-state index < -0.39 is 0 Å². The van der Waals surface area contributed by atoms with E-state index in [-0.39, 0.29) is 5.97 Å². The minimum Gasteiger partial charge on any atom is -0.466 e. The van der Waals surface area contributed by atoms with Gasteiger partial charge in [0.05, 0.1) is 7.11 Å². The second kappa shape index (κ2) is 4.30. The van der Waals surface area contributed by atoms with Gasteiger partial charge in [0.15, 0.2) is 0 Å². The molecule has 1 saturated carbocycles. The molecule has 0 aliphatic heterocycles. The molecule has 0 saturated heterocycles. The van der Waals surface area contributed by atoms with Crippen LogP contribution in [0.5, 0.6) is 0 Å². The summed E-state index contributed by atoms with van der Waals surface area (Å²) in [5.41, 5.74) is 0. The van der Waals surface area contributed by atoms with Crippen molar-refractivity contribution < 1.29 is 9.53 Å². The zero-order valence-corrected chi connectivity index (χ0v) is 8.49. The quantitative estimate of drug-likeness (QED) is 0.485. The van der Waals surface area contributed by atoms with Gasteiger partial charge in [0, 0.05) is 25.9 Å². The molecule has 0 spiro atoms. The number of rotatable bonds is 4. The number of carbonyl (C=O) groups excluding carboxylic acids is 1. The topological polar surface area (TPSA) is 29.5 Å². The van der Waals surface area contributed by atoms with Crippen LogP contribution in [-0.4, -0.2) is 31.6 Å². The lowest BCUT2D eigenvalue weighted by atomic mass is 10.3. The highest BCUT2D eigenvalue weighted by molar-refractivity contribution is 5.81. The minimum atomic E-state index is -0.296. The Morgan fingerprint density at radius 1 is 1.69 bits per heavy atom. The SMILES string of the molecule is COC(=O)C=CN(C)CC1CC1C. The van der Waals surface area contributed by atoms with Crippen molar-refractivity contribution in [1.29, 1.82) is 0 Å². The number of methoxy groups -OCH3 is 1. The Morgan fingerprint density at radius 3 is 2.77 bits per heavy atom. The second-order valence-corrected chi connectivity index (χ2v) is 3.75. The van der Waals surface area contributed by atoms with Crippen LogP contribution in [0.15, 0.2) is 12.3 Å². The monoisotopic (exact) mass is 183 g/mol. The Labute approximate surface area is 79.4 Å². The van der Waals surface area contributed by atoms with E-state index in [9.17, 15) is 4.79 Å². The number of carbonyl (C=O) groups is 1. The lowest BCUT2D eigenvalue weighted by Gasteiger charge is -2.12. The fraction of sp³-hybridized carbons (Fsp3) is 0.700. The van der Waals surface area contributed by atoms with Gasteiger partial charge in [0.2, 0.25) is 0 Å². The fourth-order valence-electron chi connectivity index (χ4n) is 1.34. The molecule has 3 heteroatoms. The maximum absolute atomic E-state index is 10.7. The largest absolute Gasteiger partial charge is 0.466 e. The highest BCUT2D eigenvalue weighted by atomic mass is 16.5. The van der Waals surface area contributed by atoms with E-state index in [0.29, 0.717) is 0 Å². The molecule has 3 nitrogen and oxygen atoms in total. The molecular weight excluding hydrogens is 166 g/mol. The molecule has 0 bridgehead atoms. The average molecular weight is 183 g/mol. The molecule has 1 fully saturated rings. The Morgan fingerprint density at radius 2 is 2.31 bits per heavy atom. The Balaban J connectivity index is 2.20. The molecule has 0 radical (unpaired) electrons. The molecule has 13 heavy (non-hydrogen) atoms. The van der Waals surface area contributed by atoms with Gasteiger partial charge in [0.25, 0.3) is 0 Å². The molecule has 0 aromatic rings. The summed E-state index contributed by atoms with van der Waals surface area (Å²) >= 11 is 0. The second-order valence-electron chi connectivity index (χ2n) is 3.75. The van der Waals surface area contributed by atoms with Crippen molar-refractivity contribution in [2.75, 3.05) is 20.7 Å². The van der Waals surface area contributed by atoms with Crippen LogP contribution in [0.3, 0.4) is 0 Å². The maximum Gasteiger partial charge on any atom is 0.331 e. The third kappa shape index (κ3) is 3.49. The van der Waals surface area contributed by atoms with Crippen molar-refractivity contribution >= 4 is 5.97 Å². The zero-order valence-electron chi connectivity index (χ0n) is 8.49. The van der Waals surface area contributed by atoms with Crippen LogP contribution in [0.1, 0.15) is 13.3 Å². The van der Waals surface area contributed by atoms with Gasteiger partial charge >= 0.3 is 5.97 Å². The Kier molecular flexibility index (Phi) is 3.34. The molecule has 1 aliphatic carbocycles. The minimum absolute atomic E-state index is 0.296. The Hall–Kier alpha value is -0.990. The van der Waals surface area contributed by atoms with Crippen LogP contribution in [0, 0.1) is 11.8 Å². The van der Waals surface area contributed by atoms with E-state index in [1.807, 2.05) is 11.9 Å². The van der Waals surface area contributed by atoms with Gasteiger partial charge in [-0.15, -0.1) is 0 Å². The summed E-state index contributed by atoms with van der Waals surface area (Å²) in [6.45, 7) is 3.29. The van der Waals surface area contributed by atoms with Crippen LogP contribution in [0.4, 0.5) is 0 Å². The summed E-state index contributed by atoms with van der Waals surface area (Å²) in [4.78, 5) is 12.8. The summed E-state index contributed by atoms with van der Waals surface area (Å²) in [6, 6.07) is 0. The van der Waals surface area contributed by atoms with E-state index in [4.69, 9.17) is 0 Å². The maximum atomic E-state index is 10.7. The van der Waals surface area contributed by atoms with Gasteiger partial charge in [-0.3, -0.25) is 0 Å². The smallest absolute Gasteiger partial charge is 0.331 e. The van der Waals surface area contributed by atoms with Crippen LogP contribution in [0.2, 0.25) is 0 Å². The number of hydrogen-bond donors (Lipinski definition) is 0. The van der Waals surface area contributed by atoms with Gasteiger partial charge in [-0.2, -0.15) is 0 Å². The first-order chi connectivity index (χ1) is 6.13. The first-order valence-corrected chi connectivity index (χ1v) is 4.60.